The van der Waals surface area contributed by atoms with Crippen LogP contribution in [0, 0.1) is 5.92 Å². The summed E-state index contributed by atoms with van der Waals surface area (Å²) in [5.41, 5.74) is 7.02. The summed E-state index contributed by atoms with van der Waals surface area (Å²) in [7, 11) is 1.70. The molecule has 1 rings (SSSR count). The summed E-state index contributed by atoms with van der Waals surface area (Å²) in [6, 6.07) is 8.11. The standard InChI is InChI=1S/C14H23NO2/c1-3-17-9-8-12(11-15)10-13-6-4-5-7-14(13)16-2/h4-7,12H,3,8-11,15H2,1-2H3. The van der Waals surface area contributed by atoms with Crippen LogP contribution in [0.4, 0.5) is 0 Å². The van der Waals surface area contributed by atoms with Crippen molar-refractivity contribution in [1.82, 2.24) is 0 Å². The van der Waals surface area contributed by atoms with Gasteiger partial charge < -0.3 is 15.2 Å². The molecule has 96 valence electrons. The summed E-state index contributed by atoms with van der Waals surface area (Å²) < 4.78 is 10.7. The van der Waals surface area contributed by atoms with E-state index in [-0.39, 0.29) is 0 Å². The smallest absolute Gasteiger partial charge is 0.122 e. The molecule has 1 aromatic rings. The Hall–Kier alpha value is -1.06. The van der Waals surface area contributed by atoms with Crippen LogP contribution in [0.15, 0.2) is 24.3 Å². The quantitative estimate of drug-likeness (QED) is 0.705. The van der Waals surface area contributed by atoms with Gasteiger partial charge in [-0.05, 0) is 43.9 Å². The Morgan fingerprint density at radius 2 is 2.06 bits per heavy atom. The van der Waals surface area contributed by atoms with E-state index in [1.54, 1.807) is 7.11 Å². The second-order valence-corrected chi connectivity index (χ2v) is 4.10. The van der Waals surface area contributed by atoms with Crippen LogP contribution in [0.25, 0.3) is 0 Å². The fourth-order valence-corrected chi connectivity index (χ4v) is 1.88. The van der Waals surface area contributed by atoms with Crippen LogP contribution >= 0.6 is 0 Å². The van der Waals surface area contributed by atoms with E-state index >= 15 is 0 Å². The maximum absolute atomic E-state index is 5.80. The van der Waals surface area contributed by atoms with Crippen molar-refractivity contribution in [2.45, 2.75) is 19.8 Å². The highest BCUT2D eigenvalue weighted by Gasteiger charge is 2.10. The molecule has 17 heavy (non-hydrogen) atoms. The van der Waals surface area contributed by atoms with E-state index < -0.39 is 0 Å². The first kappa shape index (κ1) is 14.0. The molecule has 0 aliphatic carbocycles. The zero-order valence-electron chi connectivity index (χ0n) is 10.8. The van der Waals surface area contributed by atoms with Crippen LogP contribution in [0.3, 0.4) is 0 Å². The number of ether oxygens (including phenoxy) is 2. The van der Waals surface area contributed by atoms with Gasteiger partial charge in [-0.15, -0.1) is 0 Å². The van der Waals surface area contributed by atoms with Crippen molar-refractivity contribution in [3.63, 3.8) is 0 Å². The highest BCUT2D eigenvalue weighted by Crippen LogP contribution is 2.21. The van der Waals surface area contributed by atoms with Gasteiger partial charge >= 0.3 is 0 Å². The molecule has 0 aliphatic heterocycles. The van der Waals surface area contributed by atoms with Crippen LogP contribution in [0.5, 0.6) is 5.75 Å². The van der Waals surface area contributed by atoms with Crippen molar-refractivity contribution in [2.75, 3.05) is 26.9 Å². The van der Waals surface area contributed by atoms with Crippen molar-refractivity contribution in [2.24, 2.45) is 11.7 Å². The van der Waals surface area contributed by atoms with Gasteiger partial charge in [0.2, 0.25) is 0 Å². The minimum atomic E-state index is 0.456. The molecule has 1 atom stereocenters. The predicted octanol–water partition coefficient (Wildman–Crippen LogP) is 2.24. The van der Waals surface area contributed by atoms with Crippen LogP contribution < -0.4 is 10.5 Å². The highest BCUT2D eigenvalue weighted by atomic mass is 16.5. The molecule has 0 aromatic heterocycles. The predicted molar refractivity (Wildman–Crippen MR) is 70.4 cm³/mol. The molecule has 3 heteroatoms. The van der Waals surface area contributed by atoms with E-state index in [1.807, 2.05) is 25.1 Å². The largest absolute Gasteiger partial charge is 0.496 e. The normalized spacial score (nSPS) is 12.4. The summed E-state index contributed by atoms with van der Waals surface area (Å²) >= 11 is 0. The first-order chi connectivity index (χ1) is 8.31. The molecule has 0 radical (unpaired) electrons. The molecule has 0 saturated heterocycles. The zero-order chi connectivity index (χ0) is 12.5. The Morgan fingerprint density at radius 3 is 2.71 bits per heavy atom. The van der Waals surface area contributed by atoms with E-state index in [0.29, 0.717) is 12.5 Å². The van der Waals surface area contributed by atoms with Gasteiger partial charge in [0.05, 0.1) is 7.11 Å². The van der Waals surface area contributed by atoms with Crippen LogP contribution in [0.1, 0.15) is 18.9 Å². The van der Waals surface area contributed by atoms with Crippen molar-refractivity contribution in [1.29, 1.82) is 0 Å². The lowest BCUT2D eigenvalue weighted by Crippen LogP contribution is -2.19. The molecule has 0 bridgehead atoms. The molecule has 0 fully saturated rings. The van der Waals surface area contributed by atoms with Crippen LogP contribution in [0.2, 0.25) is 0 Å². The fourth-order valence-electron chi connectivity index (χ4n) is 1.88. The van der Waals surface area contributed by atoms with E-state index in [4.69, 9.17) is 15.2 Å². The second kappa shape index (κ2) is 8.09. The minimum absolute atomic E-state index is 0.456. The second-order valence-electron chi connectivity index (χ2n) is 4.10. The number of benzene rings is 1. The number of para-hydroxylation sites is 1. The van der Waals surface area contributed by atoms with Crippen molar-refractivity contribution in [3.8, 4) is 5.75 Å². The monoisotopic (exact) mass is 237 g/mol. The number of rotatable bonds is 8. The highest BCUT2D eigenvalue weighted by molar-refractivity contribution is 5.33. The molecule has 0 aliphatic rings. The molecule has 0 amide bonds. The topological polar surface area (TPSA) is 44.5 Å². The summed E-state index contributed by atoms with van der Waals surface area (Å²) in [6.07, 6.45) is 1.95. The van der Waals surface area contributed by atoms with Gasteiger partial charge in [-0.1, -0.05) is 18.2 Å². The Labute approximate surface area is 104 Å². The third-order valence-electron chi connectivity index (χ3n) is 2.91. The lowest BCUT2D eigenvalue weighted by Gasteiger charge is -2.16. The molecule has 0 spiro atoms. The maximum atomic E-state index is 5.80. The van der Waals surface area contributed by atoms with Crippen molar-refractivity contribution < 1.29 is 9.47 Å². The molecule has 2 N–H and O–H groups in total. The van der Waals surface area contributed by atoms with Gasteiger partial charge in [0.15, 0.2) is 0 Å². The third kappa shape index (κ3) is 4.75. The maximum Gasteiger partial charge on any atom is 0.122 e. The first-order valence-electron chi connectivity index (χ1n) is 6.21. The molecule has 1 aromatic carbocycles. The lowest BCUT2D eigenvalue weighted by atomic mass is 9.96. The van der Waals surface area contributed by atoms with E-state index in [9.17, 15) is 0 Å². The minimum Gasteiger partial charge on any atom is -0.496 e. The summed E-state index contributed by atoms with van der Waals surface area (Å²) in [6.45, 7) is 4.25. The molecule has 0 heterocycles. The number of hydrogen-bond acceptors (Lipinski definition) is 3. The molecule has 1 unspecified atom stereocenters. The van der Waals surface area contributed by atoms with Gasteiger partial charge in [0.25, 0.3) is 0 Å². The molecular weight excluding hydrogens is 214 g/mol. The zero-order valence-corrected chi connectivity index (χ0v) is 10.8. The Balaban J connectivity index is 2.54. The number of nitrogens with two attached hydrogens (primary N) is 1. The lowest BCUT2D eigenvalue weighted by molar-refractivity contribution is 0.132. The Kier molecular flexibility index (Phi) is 6.67. The summed E-state index contributed by atoms with van der Waals surface area (Å²) in [4.78, 5) is 0. The number of hydrogen-bond donors (Lipinski definition) is 1. The Morgan fingerprint density at radius 1 is 1.29 bits per heavy atom. The van der Waals surface area contributed by atoms with Gasteiger partial charge in [0.1, 0.15) is 5.75 Å². The average molecular weight is 237 g/mol. The SMILES string of the molecule is CCOCCC(CN)Cc1ccccc1OC. The fraction of sp³-hybridized carbons (Fsp3) is 0.571. The first-order valence-corrected chi connectivity index (χ1v) is 6.21. The summed E-state index contributed by atoms with van der Waals surface area (Å²) in [5.74, 6) is 1.40. The third-order valence-corrected chi connectivity index (χ3v) is 2.91. The van der Waals surface area contributed by atoms with Gasteiger partial charge in [0, 0.05) is 13.2 Å². The van der Waals surface area contributed by atoms with Crippen molar-refractivity contribution in [3.05, 3.63) is 29.8 Å². The van der Waals surface area contributed by atoms with Crippen LogP contribution in [-0.2, 0) is 11.2 Å². The molecule has 3 nitrogen and oxygen atoms in total. The van der Waals surface area contributed by atoms with Crippen molar-refractivity contribution >= 4 is 0 Å². The van der Waals surface area contributed by atoms with E-state index in [2.05, 4.69) is 6.07 Å². The molecule has 0 saturated carbocycles. The van der Waals surface area contributed by atoms with E-state index in [0.717, 1.165) is 31.8 Å². The van der Waals surface area contributed by atoms with Gasteiger partial charge in [-0.3, -0.25) is 0 Å². The van der Waals surface area contributed by atoms with Crippen LogP contribution in [-0.4, -0.2) is 26.9 Å². The number of methoxy groups -OCH3 is 1. The summed E-state index contributed by atoms with van der Waals surface area (Å²) in [5, 5.41) is 0. The average Bonchev–Trinajstić information content (AvgIpc) is 2.38. The Bertz CT molecular complexity index is 315. The van der Waals surface area contributed by atoms with E-state index in [1.165, 1.54) is 5.56 Å². The molecular formula is C14H23NO2. The van der Waals surface area contributed by atoms with Gasteiger partial charge in [-0.2, -0.15) is 0 Å². The van der Waals surface area contributed by atoms with Gasteiger partial charge in [-0.25, -0.2) is 0 Å².